The summed E-state index contributed by atoms with van der Waals surface area (Å²) in [6.45, 7) is 3.98. The highest BCUT2D eigenvalue weighted by molar-refractivity contribution is 5.77. The number of hydrogen-bond acceptors (Lipinski definition) is 1. The first-order chi connectivity index (χ1) is 7.58. The van der Waals surface area contributed by atoms with E-state index in [0.717, 1.165) is 43.5 Å². The minimum Gasteiger partial charge on any atom is -0.479 e. The van der Waals surface area contributed by atoms with Gasteiger partial charge in [0.25, 0.3) is 0 Å². The molecule has 0 aromatic carbocycles. The third kappa shape index (κ3) is 1.55. The highest BCUT2D eigenvalue weighted by atomic mass is 16.4. The molecule has 0 saturated heterocycles. The fourth-order valence-corrected chi connectivity index (χ4v) is 3.01. The number of hydrogen-bond donors (Lipinski definition) is 1. The molecular formula is C13H19NO2. The first kappa shape index (κ1) is 11.2. The Bertz CT molecular complexity index is 381. The summed E-state index contributed by atoms with van der Waals surface area (Å²) in [5, 5.41) is 9.59. The maximum Gasteiger partial charge on any atom is 0.329 e. The van der Waals surface area contributed by atoms with Crippen LogP contribution in [0, 0.1) is 13.8 Å². The van der Waals surface area contributed by atoms with Crippen LogP contribution in [0.3, 0.4) is 0 Å². The third-order valence-corrected chi connectivity index (χ3v) is 3.78. The van der Waals surface area contributed by atoms with E-state index < -0.39 is 11.5 Å². The number of aliphatic carboxylic acids is 1. The molecule has 0 amide bonds. The standard InChI is InChI=1S/C13H19NO2/c1-10-6-7-11(2)14(10)13(12(15)16)8-4-3-5-9-13/h6-7H,3-5,8-9H2,1-2H3,(H,15,16). The Kier molecular flexibility index (Phi) is 2.78. The van der Waals surface area contributed by atoms with Crippen molar-refractivity contribution < 1.29 is 9.90 Å². The Morgan fingerprint density at radius 1 is 1.19 bits per heavy atom. The maximum absolute atomic E-state index is 11.7. The molecule has 1 aromatic heterocycles. The van der Waals surface area contributed by atoms with Crippen LogP contribution >= 0.6 is 0 Å². The van der Waals surface area contributed by atoms with Crippen molar-refractivity contribution in [3.05, 3.63) is 23.5 Å². The molecule has 1 aliphatic rings. The van der Waals surface area contributed by atoms with Crippen molar-refractivity contribution in [1.82, 2.24) is 4.57 Å². The Morgan fingerprint density at radius 3 is 2.12 bits per heavy atom. The molecule has 1 heterocycles. The third-order valence-electron chi connectivity index (χ3n) is 3.78. The number of nitrogens with zero attached hydrogens (tertiary/aromatic N) is 1. The van der Waals surface area contributed by atoms with Gasteiger partial charge in [-0.1, -0.05) is 19.3 Å². The number of carboxylic acid groups (broad SMARTS) is 1. The van der Waals surface area contributed by atoms with E-state index >= 15 is 0 Å². The zero-order chi connectivity index (χ0) is 11.8. The highest BCUT2D eigenvalue weighted by Gasteiger charge is 2.42. The molecule has 0 unspecified atom stereocenters. The number of aromatic nitrogens is 1. The Morgan fingerprint density at radius 2 is 1.69 bits per heavy atom. The molecule has 2 rings (SSSR count). The zero-order valence-corrected chi connectivity index (χ0v) is 9.99. The van der Waals surface area contributed by atoms with E-state index in [2.05, 4.69) is 0 Å². The predicted molar refractivity (Wildman–Crippen MR) is 62.6 cm³/mol. The molecule has 1 aliphatic carbocycles. The molecule has 1 N–H and O–H groups in total. The second-order valence-electron chi connectivity index (χ2n) is 4.85. The van der Waals surface area contributed by atoms with E-state index in [1.54, 1.807) is 0 Å². The van der Waals surface area contributed by atoms with Gasteiger partial charge in [0.1, 0.15) is 5.54 Å². The summed E-state index contributed by atoms with van der Waals surface area (Å²) in [6.07, 6.45) is 4.72. The average Bonchev–Trinajstić information content (AvgIpc) is 2.60. The fraction of sp³-hybridized carbons (Fsp3) is 0.615. The highest BCUT2D eigenvalue weighted by Crippen LogP contribution is 2.37. The zero-order valence-electron chi connectivity index (χ0n) is 9.99. The Labute approximate surface area is 96.1 Å². The van der Waals surface area contributed by atoms with Crippen LogP contribution in [-0.2, 0) is 10.3 Å². The number of rotatable bonds is 2. The molecule has 3 nitrogen and oxygen atoms in total. The smallest absolute Gasteiger partial charge is 0.329 e. The molecule has 3 heteroatoms. The summed E-state index contributed by atoms with van der Waals surface area (Å²) >= 11 is 0. The van der Waals surface area contributed by atoms with Crippen molar-refractivity contribution >= 4 is 5.97 Å². The molecule has 0 spiro atoms. The number of aryl methyl sites for hydroxylation is 2. The quantitative estimate of drug-likeness (QED) is 0.834. The molecule has 1 fully saturated rings. The lowest BCUT2D eigenvalue weighted by Crippen LogP contribution is -2.44. The van der Waals surface area contributed by atoms with Gasteiger partial charge in [-0.25, -0.2) is 4.79 Å². The molecule has 0 bridgehead atoms. The fourth-order valence-electron chi connectivity index (χ4n) is 3.01. The second kappa shape index (κ2) is 3.96. The van der Waals surface area contributed by atoms with Crippen molar-refractivity contribution in [2.24, 2.45) is 0 Å². The summed E-state index contributed by atoms with van der Waals surface area (Å²) in [6, 6.07) is 4.02. The summed E-state index contributed by atoms with van der Waals surface area (Å²) in [5.41, 5.74) is 1.43. The van der Waals surface area contributed by atoms with Gasteiger partial charge in [-0.15, -0.1) is 0 Å². The van der Waals surface area contributed by atoms with Crippen LogP contribution in [0.1, 0.15) is 43.5 Å². The normalized spacial score (nSPS) is 19.6. The van der Waals surface area contributed by atoms with Gasteiger partial charge in [-0.3, -0.25) is 0 Å². The summed E-state index contributed by atoms with van der Waals surface area (Å²) in [4.78, 5) is 11.7. The van der Waals surface area contributed by atoms with Gasteiger partial charge in [0.15, 0.2) is 0 Å². The largest absolute Gasteiger partial charge is 0.479 e. The van der Waals surface area contributed by atoms with Crippen LogP contribution in [0.4, 0.5) is 0 Å². The molecule has 1 saturated carbocycles. The van der Waals surface area contributed by atoms with E-state index in [1.165, 1.54) is 0 Å². The van der Waals surface area contributed by atoms with Crippen LogP contribution < -0.4 is 0 Å². The monoisotopic (exact) mass is 221 g/mol. The first-order valence-corrected chi connectivity index (χ1v) is 5.97. The van der Waals surface area contributed by atoms with Crippen LogP contribution in [0.25, 0.3) is 0 Å². The van der Waals surface area contributed by atoms with Gasteiger partial charge in [0, 0.05) is 11.4 Å². The van der Waals surface area contributed by atoms with Crippen molar-refractivity contribution in [2.75, 3.05) is 0 Å². The first-order valence-electron chi connectivity index (χ1n) is 5.97. The topological polar surface area (TPSA) is 42.2 Å². The van der Waals surface area contributed by atoms with E-state index in [1.807, 2.05) is 30.5 Å². The predicted octanol–water partition coefficient (Wildman–Crippen LogP) is 2.85. The minimum atomic E-state index is -0.685. The van der Waals surface area contributed by atoms with Gasteiger partial charge < -0.3 is 9.67 Å². The van der Waals surface area contributed by atoms with Crippen LogP contribution in [0.15, 0.2) is 12.1 Å². The molecule has 0 atom stereocenters. The molecule has 0 radical (unpaired) electrons. The van der Waals surface area contributed by atoms with E-state index in [-0.39, 0.29) is 0 Å². The molecule has 0 aliphatic heterocycles. The van der Waals surface area contributed by atoms with E-state index in [0.29, 0.717) is 0 Å². The molecule has 16 heavy (non-hydrogen) atoms. The number of carboxylic acids is 1. The molecule has 88 valence electrons. The van der Waals surface area contributed by atoms with Crippen LogP contribution in [0.2, 0.25) is 0 Å². The van der Waals surface area contributed by atoms with Crippen LogP contribution in [0.5, 0.6) is 0 Å². The molecular weight excluding hydrogens is 202 g/mol. The van der Waals surface area contributed by atoms with Crippen molar-refractivity contribution in [2.45, 2.75) is 51.5 Å². The van der Waals surface area contributed by atoms with Gasteiger partial charge in [-0.05, 0) is 38.8 Å². The lowest BCUT2D eigenvalue weighted by molar-refractivity contribution is -0.149. The maximum atomic E-state index is 11.7. The summed E-state index contributed by atoms with van der Waals surface area (Å²) in [5.74, 6) is -0.672. The van der Waals surface area contributed by atoms with Crippen molar-refractivity contribution in [3.63, 3.8) is 0 Å². The lowest BCUT2D eigenvalue weighted by atomic mass is 9.81. The van der Waals surface area contributed by atoms with Gasteiger partial charge >= 0.3 is 5.97 Å². The van der Waals surface area contributed by atoms with Crippen molar-refractivity contribution in [1.29, 1.82) is 0 Å². The average molecular weight is 221 g/mol. The summed E-state index contributed by atoms with van der Waals surface area (Å²) < 4.78 is 2.02. The number of carbonyl (C=O) groups is 1. The van der Waals surface area contributed by atoms with Crippen LogP contribution in [-0.4, -0.2) is 15.6 Å². The van der Waals surface area contributed by atoms with E-state index in [9.17, 15) is 9.90 Å². The van der Waals surface area contributed by atoms with Gasteiger partial charge in [0.05, 0.1) is 0 Å². The van der Waals surface area contributed by atoms with Gasteiger partial charge in [-0.2, -0.15) is 0 Å². The van der Waals surface area contributed by atoms with Crippen molar-refractivity contribution in [3.8, 4) is 0 Å². The summed E-state index contributed by atoms with van der Waals surface area (Å²) in [7, 11) is 0. The second-order valence-corrected chi connectivity index (χ2v) is 4.85. The SMILES string of the molecule is Cc1ccc(C)n1C1(C(=O)O)CCCCC1. The Balaban J connectivity index is 2.51. The Hall–Kier alpha value is -1.25. The molecule has 1 aromatic rings. The van der Waals surface area contributed by atoms with E-state index in [4.69, 9.17) is 0 Å². The minimum absolute atomic E-state index is 0.672. The van der Waals surface area contributed by atoms with Gasteiger partial charge in [0.2, 0.25) is 0 Å². The lowest BCUT2D eigenvalue weighted by Gasteiger charge is -2.37.